The van der Waals surface area contributed by atoms with Crippen LogP contribution in [0.25, 0.3) is 0 Å². The second-order valence-corrected chi connectivity index (χ2v) is 9.92. The number of esters is 1. The van der Waals surface area contributed by atoms with E-state index in [0.717, 1.165) is 51.0 Å². The highest BCUT2D eigenvalue weighted by Gasteiger charge is 2.60. The average Bonchev–Trinajstić information content (AvgIpc) is 3.03. The number of fused-ring (bicyclic) bond motifs is 5. The van der Waals surface area contributed by atoms with Crippen LogP contribution >= 0.6 is 0 Å². The fourth-order valence-electron chi connectivity index (χ4n) is 7.39. The van der Waals surface area contributed by atoms with Crippen molar-refractivity contribution >= 4 is 17.5 Å². The Labute approximate surface area is 167 Å². The summed E-state index contributed by atoms with van der Waals surface area (Å²) in [5, 5.41) is 0. The maximum Gasteiger partial charge on any atom is 0.330 e. The van der Waals surface area contributed by atoms with Crippen molar-refractivity contribution in [3.8, 4) is 0 Å². The SMILES string of the molecule is C=CC(=O)OCC(=O)[C@H]1CC[C@H]2C3CCC4=CC(=O)CC[C@]4(C)C3CC[C@]12C. The highest BCUT2D eigenvalue weighted by Crippen LogP contribution is 2.66. The highest BCUT2D eigenvalue weighted by atomic mass is 16.5. The molecule has 0 heterocycles. The lowest BCUT2D eigenvalue weighted by molar-refractivity contribution is -0.147. The first-order chi connectivity index (χ1) is 13.3. The summed E-state index contributed by atoms with van der Waals surface area (Å²) >= 11 is 0. The van der Waals surface area contributed by atoms with Gasteiger partial charge in [0.1, 0.15) is 0 Å². The maximum absolute atomic E-state index is 12.9. The van der Waals surface area contributed by atoms with Gasteiger partial charge >= 0.3 is 5.97 Å². The van der Waals surface area contributed by atoms with Crippen LogP contribution in [0.3, 0.4) is 0 Å². The lowest BCUT2D eigenvalue weighted by Gasteiger charge is -2.58. The summed E-state index contributed by atoms with van der Waals surface area (Å²) in [4.78, 5) is 36.2. The van der Waals surface area contributed by atoms with Crippen molar-refractivity contribution < 1.29 is 19.1 Å². The van der Waals surface area contributed by atoms with E-state index in [2.05, 4.69) is 20.4 Å². The van der Waals surface area contributed by atoms with Gasteiger partial charge in [-0.1, -0.05) is 26.0 Å². The Bertz CT molecular complexity index is 750. The van der Waals surface area contributed by atoms with Gasteiger partial charge in [-0.05, 0) is 79.6 Å². The zero-order valence-corrected chi connectivity index (χ0v) is 17.2. The second-order valence-electron chi connectivity index (χ2n) is 9.92. The Balaban J connectivity index is 1.53. The lowest BCUT2D eigenvalue weighted by atomic mass is 9.46. The molecule has 4 heteroatoms. The Morgan fingerprint density at radius 3 is 2.68 bits per heavy atom. The molecule has 0 radical (unpaired) electrons. The van der Waals surface area contributed by atoms with Crippen LogP contribution in [-0.4, -0.2) is 24.1 Å². The average molecular weight is 385 g/mol. The molecule has 0 amide bonds. The fourth-order valence-corrected chi connectivity index (χ4v) is 7.39. The molecular weight excluding hydrogens is 352 g/mol. The molecule has 4 rings (SSSR count). The Morgan fingerprint density at radius 1 is 1.14 bits per heavy atom. The van der Waals surface area contributed by atoms with Crippen LogP contribution in [0.4, 0.5) is 0 Å². The van der Waals surface area contributed by atoms with Crippen LogP contribution in [0.1, 0.15) is 65.2 Å². The summed E-state index contributed by atoms with van der Waals surface area (Å²) in [7, 11) is 0. The minimum Gasteiger partial charge on any atom is -0.455 e. The molecule has 3 fully saturated rings. The predicted molar refractivity (Wildman–Crippen MR) is 106 cm³/mol. The van der Waals surface area contributed by atoms with E-state index >= 15 is 0 Å². The van der Waals surface area contributed by atoms with Gasteiger partial charge in [0.25, 0.3) is 0 Å². The molecule has 4 aliphatic carbocycles. The molecule has 0 N–H and O–H groups in total. The Hall–Kier alpha value is -1.71. The van der Waals surface area contributed by atoms with E-state index < -0.39 is 5.97 Å². The third-order valence-corrected chi connectivity index (χ3v) is 8.87. The first-order valence-electron chi connectivity index (χ1n) is 10.9. The van der Waals surface area contributed by atoms with Crippen LogP contribution in [0, 0.1) is 34.5 Å². The van der Waals surface area contributed by atoms with Crippen molar-refractivity contribution in [3.05, 3.63) is 24.3 Å². The zero-order valence-electron chi connectivity index (χ0n) is 17.2. The minimum absolute atomic E-state index is 0.00579. The topological polar surface area (TPSA) is 60.4 Å². The maximum atomic E-state index is 12.9. The highest BCUT2D eigenvalue weighted by molar-refractivity contribution is 5.91. The fraction of sp³-hybridized carbons (Fsp3) is 0.708. The van der Waals surface area contributed by atoms with E-state index in [9.17, 15) is 14.4 Å². The van der Waals surface area contributed by atoms with Gasteiger partial charge < -0.3 is 4.74 Å². The summed E-state index contributed by atoms with van der Waals surface area (Å²) in [5.74, 6) is 1.67. The van der Waals surface area contributed by atoms with Gasteiger partial charge in [-0.25, -0.2) is 4.79 Å². The second kappa shape index (κ2) is 6.96. The van der Waals surface area contributed by atoms with Crippen molar-refractivity contribution in [1.82, 2.24) is 0 Å². The molecule has 0 aromatic rings. The molecule has 0 aromatic carbocycles. The molecule has 0 aliphatic heterocycles. The number of Topliss-reactive ketones (excluding diaryl/α,β-unsaturated/α-hetero) is 1. The molecule has 0 aromatic heterocycles. The van der Waals surface area contributed by atoms with Crippen molar-refractivity contribution in [2.45, 2.75) is 65.2 Å². The molecule has 4 nitrogen and oxygen atoms in total. The minimum atomic E-state index is -0.525. The molecular formula is C24H32O4. The molecule has 152 valence electrons. The summed E-state index contributed by atoms with van der Waals surface area (Å²) < 4.78 is 5.05. The summed E-state index contributed by atoms with van der Waals surface area (Å²) in [6.45, 7) is 7.96. The third-order valence-electron chi connectivity index (χ3n) is 8.87. The standard InChI is InChI=1S/C24H32O4/c1-4-22(27)28-14-21(26)20-8-7-18-17-6-5-15-13-16(25)9-11-23(15,2)19(17)10-12-24(18,20)3/h4,13,17-20H,1,5-12,14H2,2-3H3/t17?,18-,19?,20+,23-,24-/m0/s1. The number of rotatable bonds is 4. The summed E-state index contributed by atoms with van der Waals surface area (Å²) in [6.07, 6.45) is 11.1. The first kappa shape index (κ1) is 19.6. The normalized spacial score (nSPS) is 41.9. The molecule has 0 bridgehead atoms. The van der Waals surface area contributed by atoms with Gasteiger partial charge in [0.15, 0.2) is 18.2 Å². The van der Waals surface area contributed by atoms with Crippen LogP contribution < -0.4 is 0 Å². The van der Waals surface area contributed by atoms with Gasteiger partial charge in [0, 0.05) is 18.4 Å². The number of hydrogen-bond acceptors (Lipinski definition) is 4. The monoisotopic (exact) mass is 384 g/mol. The molecule has 2 unspecified atom stereocenters. The molecule has 4 aliphatic rings. The van der Waals surface area contributed by atoms with E-state index in [1.54, 1.807) is 0 Å². The van der Waals surface area contributed by atoms with Gasteiger partial charge in [-0.3, -0.25) is 9.59 Å². The van der Waals surface area contributed by atoms with E-state index in [-0.39, 0.29) is 29.1 Å². The molecule has 28 heavy (non-hydrogen) atoms. The van der Waals surface area contributed by atoms with Crippen molar-refractivity contribution in [1.29, 1.82) is 0 Å². The number of ether oxygens (including phenoxy) is 1. The Morgan fingerprint density at radius 2 is 1.93 bits per heavy atom. The summed E-state index contributed by atoms with van der Waals surface area (Å²) in [5.41, 5.74) is 1.57. The van der Waals surface area contributed by atoms with Gasteiger partial charge in [-0.15, -0.1) is 0 Å². The molecule has 0 spiro atoms. The number of carbonyl (C=O) groups is 3. The predicted octanol–water partition coefficient (Wildman–Crippen LogP) is 4.43. The third kappa shape index (κ3) is 2.91. The van der Waals surface area contributed by atoms with Gasteiger partial charge in [-0.2, -0.15) is 0 Å². The van der Waals surface area contributed by atoms with E-state index in [1.807, 2.05) is 6.08 Å². The lowest BCUT2D eigenvalue weighted by Crippen LogP contribution is -2.51. The number of carbonyl (C=O) groups excluding carboxylic acids is 3. The van der Waals surface area contributed by atoms with E-state index in [0.29, 0.717) is 30.0 Å². The van der Waals surface area contributed by atoms with Crippen molar-refractivity contribution in [2.75, 3.05) is 6.61 Å². The van der Waals surface area contributed by atoms with Gasteiger partial charge in [0.05, 0.1) is 0 Å². The van der Waals surface area contributed by atoms with Crippen LogP contribution in [0.2, 0.25) is 0 Å². The summed E-state index contributed by atoms with van der Waals surface area (Å²) in [6, 6.07) is 0. The van der Waals surface area contributed by atoms with Crippen LogP contribution in [-0.2, 0) is 19.1 Å². The van der Waals surface area contributed by atoms with E-state index in [4.69, 9.17) is 4.74 Å². The molecule has 0 saturated heterocycles. The largest absolute Gasteiger partial charge is 0.455 e. The number of ketones is 2. The van der Waals surface area contributed by atoms with Crippen LogP contribution in [0.5, 0.6) is 0 Å². The molecule has 3 saturated carbocycles. The molecule has 6 atom stereocenters. The smallest absolute Gasteiger partial charge is 0.330 e. The first-order valence-corrected chi connectivity index (χ1v) is 10.9. The quantitative estimate of drug-likeness (QED) is 0.531. The van der Waals surface area contributed by atoms with Crippen molar-refractivity contribution in [2.24, 2.45) is 34.5 Å². The Kier molecular flexibility index (Phi) is 4.87. The number of hydrogen-bond donors (Lipinski definition) is 0. The van der Waals surface area contributed by atoms with E-state index in [1.165, 1.54) is 5.57 Å². The number of allylic oxidation sites excluding steroid dienone is 1. The zero-order chi connectivity index (χ0) is 20.1. The van der Waals surface area contributed by atoms with Crippen molar-refractivity contribution in [3.63, 3.8) is 0 Å². The van der Waals surface area contributed by atoms with Crippen LogP contribution in [0.15, 0.2) is 24.3 Å². The van der Waals surface area contributed by atoms with Gasteiger partial charge in [0.2, 0.25) is 0 Å².